The first kappa shape index (κ1) is 11.4. The molecule has 2 rings (SSSR count). The van der Waals surface area contributed by atoms with Gasteiger partial charge in [-0.1, -0.05) is 18.2 Å². The Morgan fingerprint density at radius 2 is 2.19 bits per heavy atom. The van der Waals surface area contributed by atoms with Crippen LogP contribution < -0.4 is 5.32 Å². The minimum atomic E-state index is 0.291. The van der Waals surface area contributed by atoms with Crippen LogP contribution in [0.4, 0.5) is 0 Å². The fraction of sp³-hybridized carbons (Fsp3) is 0.538. The summed E-state index contributed by atoms with van der Waals surface area (Å²) in [4.78, 5) is 2.41. The lowest BCUT2D eigenvalue weighted by Crippen LogP contribution is -2.31. The number of likely N-dealkylation sites (tertiary alicyclic amines) is 1. The zero-order chi connectivity index (χ0) is 11.5. The van der Waals surface area contributed by atoms with Gasteiger partial charge in [0.25, 0.3) is 0 Å². The summed E-state index contributed by atoms with van der Waals surface area (Å²) in [7, 11) is 2.01. The van der Waals surface area contributed by atoms with Crippen molar-refractivity contribution in [2.24, 2.45) is 0 Å². The number of hydrogen-bond acceptors (Lipinski definition) is 3. The van der Waals surface area contributed by atoms with Crippen LogP contribution in [0, 0.1) is 0 Å². The molecule has 1 saturated heterocycles. The largest absolute Gasteiger partial charge is 0.508 e. The zero-order valence-corrected chi connectivity index (χ0v) is 9.98. The molecule has 0 aliphatic carbocycles. The van der Waals surface area contributed by atoms with Gasteiger partial charge in [0.15, 0.2) is 0 Å². The molecule has 88 valence electrons. The van der Waals surface area contributed by atoms with Gasteiger partial charge in [0.1, 0.15) is 5.75 Å². The average Bonchev–Trinajstić information content (AvgIpc) is 2.77. The fourth-order valence-corrected chi connectivity index (χ4v) is 2.41. The van der Waals surface area contributed by atoms with Crippen molar-refractivity contribution in [3.8, 4) is 5.75 Å². The maximum Gasteiger partial charge on any atom is 0.120 e. The second-order valence-electron chi connectivity index (χ2n) is 4.50. The van der Waals surface area contributed by atoms with Crippen molar-refractivity contribution in [2.75, 3.05) is 20.1 Å². The first-order valence-electron chi connectivity index (χ1n) is 5.91. The van der Waals surface area contributed by atoms with Crippen LogP contribution in [0.1, 0.15) is 24.9 Å². The lowest BCUT2D eigenvalue weighted by atomic mass is 10.1. The summed E-state index contributed by atoms with van der Waals surface area (Å²) in [6.45, 7) is 4.32. The third kappa shape index (κ3) is 2.20. The molecular formula is C13H20N2O. The summed E-state index contributed by atoms with van der Waals surface area (Å²) in [5.41, 5.74) is 1.03. The molecule has 0 amide bonds. The molecule has 1 aromatic carbocycles. The lowest BCUT2D eigenvalue weighted by Gasteiger charge is -2.25. The van der Waals surface area contributed by atoms with Crippen LogP contribution in [0.25, 0.3) is 0 Å². The Labute approximate surface area is 97.1 Å². The quantitative estimate of drug-likeness (QED) is 0.814. The standard InChI is InChI=1S/C13H20N2O/c1-10(12-5-3-4-6-13(12)16)15-8-7-11(9-15)14-2/h3-6,10-11,14,16H,7-9H2,1-2H3. The molecule has 0 saturated carbocycles. The molecule has 2 N–H and O–H groups in total. The van der Waals surface area contributed by atoms with Crippen molar-refractivity contribution in [1.29, 1.82) is 0 Å². The number of phenolic OH excluding ortho intramolecular Hbond substituents is 1. The first-order chi connectivity index (χ1) is 7.72. The van der Waals surface area contributed by atoms with Gasteiger partial charge in [-0.3, -0.25) is 4.90 Å². The van der Waals surface area contributed by atoms with E-state index in [1.807, 2.05) is 25.2 Å². The van der Waals surface area contributed by atoms with Crippen molar-refractivity contribution in [2.45, 2.75) is 25.4 Å². The molecular weight excluding hydrogens is 200 g/mol. The summed E-state index contributed by atoms with van der Waals surface area (Å²) in [6.07, 6.45) is 1.19. The van der Waals surface area contributed by atoms with E-state index in [1.54, 1.807) is 6.07 Å². The number of benzene rings is 1. The summed E-state index contributed by atoms with van der Waals surface area (Å²) < 4.78 is 0. The van der Waals surface area contributed by atoms with Gasteiger partial charge in [-0.25, -0.2) is 0 Å². The van der Waals surface area contributed by atoms with E-state index in [0.29, 0.717) is 17.8 Å². The number of nitrogens with zero attached hydrogens (tertiary/aromatic N) is 1. The van der Waals surface area contributed by atoms with Gasteiger partial charge in [0.05, 0.1) is 0 Å². The third-order valence-corrected chi connectivity index (χ3v) is 3.56. The van der Waals surface area contributed by atoms with Gasteiger partial charge in [0.2, 0.25) is 0 Å². The molecule has 1 aliphatic heterocycles. The summed E-state index contributed by atoms with van der Waals surface area (Å²) in [5, 5.41) is 13.1. The SMILES string of the molecule is CNC1CCN(C(C)c2ccccc2O)C1. The zero-order valence-electron chi connectivity index (χ0n) is 9.98. The van der Waals surface area contributed by atoms with Crippen LogP contribution in [0.15, 0.2) is 24.3 Å². The van der Waals surface area contributed by atoms with Crippen molar-refractivity contribution >= 4 is 0 Å². The smallest absolute Gasteiger partial charge is 0.120 e. The molecule has 0 spiro atoms. The van der Waals surface area contributed by atoms with E-state index >= 15 is 0 Å². The summed E-state index contributed by atoms with van der Waals surface area (Å²) >= 11 is 0. The minimum absolute atomic E-state index is 0.291. The van der Waals surface area contributed by atoms with Crippen LogP contribution in [0.5, 0.6) is 5.75 Å². The number of rotatable bonds is 3. The van der Waals surface area contributed by atoms with Crippen molar-refractivity contribution in [3.63, 3.8) is 0 Å². The molecule has 16 heavy (non-hydrogen) atoms. The van der Waals surface area contributed by atoms with Gasteiger partial charge in [-0.05, 0) is 26.5 Å². The number of likely N-dealkylation sites (N-methyl/N-ethyl adjacent to an activating group) is 1. The Morgan fingerprint density at radius 3 is 2.81 bits per heavy atom. The van der Waals surface area contributed by atoms with Crippen LogP contribution in [-0.4, -0.2) is 36.2 Å². The number of phenols is 1. The highest BCUT2D eigenvalue weighted by Crippen LogP contribution is 2.30. The molecule has 1 heterocycles. The topological polar surface area (TPSA) is 35.5 Å². The van der Waals surface area contributed by atoms with Gasteiger partial charge in [0, 0.05) is 30.7 Å². The van der Waals surface area contributed by atoms with E-state index in [1.165, 1.54) is 6.42 Å². The highest BCUT2D eigenvalue weighted by atomic mass is 16.3. The molecule has 0 aromatic heterocycles. The molecule has 1 aliphatic rings. The molecule has 1 fully saturated rings. The second kappa shape index (κ2) is 4.85. The van der Waals surface area contributed by atoms with Gasteiger partial charge < -0.3 is 10.4 Å². The van der Waals surface area contributed by atoms with E-state index in [2.05, 4.69) is 17.1 Å². The van der Waals surface area contributed by atoms with E-state index in [-0.39, 0.29) is 0 Å². The molecule has 2 unspecified atom stereocenters. The summed E-state index contributed by atoms with van der Waals surface area (Å²) in [6, 6.07) is 8.50. The average molecular weight is 220 g/mol. The van der Waals surface area contributed by atoms with E-state index in [4.69, 9.17) is 0 Å². The molecule has 0 radical (unpaired) electrons. The normalized spacial score (nSPS) is 23.5. The maximum atomic E-state index is 9.82. The van der Waals surface area contributed by atoms with Crippen LogP contribution >= 0.6 is 0 Å². The number of aromatic hydroxyl groups is 1. The van der Waals surface area contributed by atoms with Crippen molar-refractivity contribution in [3.05, 3.63) is 29.8 Å². The van der Waals surface area contributed by atoms with E-state index in [0.717, 1.165) is 18.7 Å². The predicted molar refractivity (Wildman–Crippen MR) is 65.6 cm³/mol. The molecule has 0 bridgehead atoms. The number of para-hydroxylation sites is 1. The number of nitrogens with one attached hydrogen (secondary N) is 1. The highest BCUT2D eigenvalue weighted by Gasteiger charge is 2.26. The maximum absolute atomic E-state index is 9.82. The summed E-state index contributed by atoms with van der Waals surface area (Å²) in [5.74, 6) is 0.405. The Bertz CT molecular complexity index is 354. The van der Waals surface area contributed by atoms with Crippen molar-refractivity contribution in [1.82, 2.24) is 10.2 Å². The van der Waals surface area contributed by atoms with Gasteiger partial charge in [-0.2, -0.15) is 0 Å². The monoisotopic (exact) mass is 220 g/mol. The second-order valence-corrected chi connectivity index (χ2v) is 4.50. The Balaban J connectivity index is 2.08. The first-order valence-corrected chi connectivity index (χ1v) is 5.91. The van der Waals surface area contributed by atoms with E-state index in [9.17, 15) is 5.11 Å². The van der Waals surface area contributed by atoms with Gasteiger partial charge >= 0.3 is 0 Å². The minimum Gasteiger partial charge on any atom is -0.508 e. The number of hydrogen-bond donors (Lipinski definition) is 2. The third-order valence-electron chi connectivity index (χ3n) is 3.56. The molecule has 3 nitrogen and oxygen atoms in total. The Hall–Kier alpha value is -1.06. The molecule has 1 aromatic rings. The highest BCUT2D eigenvalue weighted by molar-refractivity contribution is 5.34. The fourth-order valence-electron chi connectivity index (χ4n) is 2.41. The Kier molecular flexibility index (Phi) is 3.46. The van der Waals surface area contributed by atoms with Gasteiger partial charge in [-0.15, -0.1) is 0 Å². The Morgan fingerprint density at radius 1 is 1.44 bits per heavy atom. The van der Waals surface area contributed by atoms with Crippen LogP contribution in [0.3, 0.4) is 0 Å². The van der Waals surface area contributed by atoms with Crippen LogP contribution in [-0.2, 0) is 0 Å². The predicted octanol–water partition coefficient (Wildman–Crippen LogP) is 1.75. The van der Waals surface area contributed by atoms with Crippen molar-refractivity contribution < 1.29 is 5.11 Å². The van der Waals surface area contributed by atoms with Crippen LogP contribution in [0.2, 0.25) is 0 Å². The molecule has 3 heteroatoms. The molecule has 2 atom stereocenters. The lowest BCUT2D eigenvalue weighted by molar-refractivity contribution is 0.252. The van der Waals surface area contributed by atoms with E-state index < -0.39 is 0 Å².